The highest BCUT2D eigenvalue weighted by molar-refractivity contribution is 5.73. The molecule has 0 radical (unpaired) electrons. The van der Waals surface area contributed by atoms with Crippen molar-refractivity contribution in [1.82, 2.24) is 29.4 Å². The first kappa shape index (κ1) is 34.2. The molecule has 0 unspecified atom stereocenters. The Labute approximate surface area is 236 Å². The van der Waals surface area contributed by atoms with Gasteiger partial charge in [-0.15, -0.1) is 5.10 Å². The normalized spacial score (nSPS) is 14.8. The van der Waals surface area contributed by atoms with Crippen LogP contribution in [-0.4, -0.2) is 77.0 Å². The van der Waals surface area contributed by atoms with E-state index in [4.69, 9.17) is 25.5 Å². The van der Waals surface area contributed by atoms with E-state index in [0.717, 1.165) is 44.7 Å². The molecule has 1 aliphatic heterocycles. The van der Waals surface area contributed by atoms with E-state index in [1.54, 1.807) is 0 Å². The Morgan fingerprint density at radius 1 is 0.952 bits per heavy atom. The first-order valence-corrected chi connectivity index (χ1v) is 12.4. The molecule has 2 aromatic heterocycles. The fourth-order valence-corrected chi connectivity index (χ4v) is 3.72. The third-order valence-electron chi connectivity index (χ3n) is 5.97. The number of hydrogen-bond acceptors (Lipinski definition) is 7. The second-order valence-corrected chi connectivity index (χ2v) is 9.92. The molecule has 1 fully saturated rings. The van der Waals surface area contributed by atoms with Crippen molar-refractivity contribution in [3.05, 3.63) is 66.0 Å². The molecule has 0 spiro atoms. The molecule has 1 aromatic carbocycles. The Morgan fingerprint density at radius 3 is 1.93 bits per heavy atom. The van der Waals surface area contributed by atoms with Gasteiger partial charge in [0.1, 0.15) is 5.69 Å². The topological polar surface area (TPSA) is 152 Å². The summed E-state index contributed by atoms with van der Waals surface area (Å²) in [5, 5.41) is 22.8. The molecule has 3 aromatic rings. The number of halogens is 6. The SMILES string of the molecule is CC(C)(N)c1cn(C2CCN(Cc3cncn3Cc3ccccc3)CC2)nn1.O=C(O)C(F)(F)F.O=C(O)C(F)(F)F. The number of alkyl halides is 6. The van der Waals surface area contributed by atoms with Crippen molar-refractivity contribution < 1.29 is 46.1 Å². The number of benzene rings is 1. The van der Waals surface area contributed by atoms with Crippen molar-refractivity contribution in [3.8, 4) is 0 Å². The van der Waals surface area contributed by atoms with Gasteiger partial charge in [0.15, 0.2) is 0 Å². The molecule has 0 aliphatic carbocycles. The lowest BCUT2D eigenvalue weighted by molar-refractivity contribution is -0.193. The van der Waals surface area contributed by atoms with E-state index in [1.807, 2.05) is 37.3 Å². The Morgan fingerprint density at radius 2 is 1.48 bits per heavy atom. The van der Waals surface area contributed by atoms with Crippen LogP contribution in [0.3, 0.4) is 0 Å². The number of rotatable bonds is 6. The van der Waals surface area contributed by atoms with Gasteiger partial charge in [-0.25, -0.2) is 19.3 Å². The number of aromatic nitrogens is 5. The number of carboxylic acid groups (broad SMARTS) is 2. The molecule has 1 saturated heterocycles. The highest BCUT2D eigenvalue weighted by atomic mass is 19.4. The van der Waals surface area contributed by atoms with Gasteiger partial charge in [0.25, 0.3) is 0 Å². The molecule has 4 N–H and O–H groups in total. The number of nitrogens with zero attached hydrogens (tertiary/aromatic N) is 6. The van der Waals surface area contributed by atoms with E-state index < -0.39 is 29.8 Å². The molecular weight excluding hydrogens is 576 g/mol. The van der Waals surface area contributed by atoms with Crippen LogP contribution >= 0.6 is 0 Å². The van der Waals surface area contributed by atoms with E-state index in [0.29, 0.717) is 6.04 Å². The highest BCUT2D eigenvalue weighted by Crippen LogP contribution is 2.24. The molecule has 11 nitrogen and oxygen atoms in total. The summed E-state index contributed by atoms with van der Waals surface area (Å²) in [5.74, 6) is -5.51. The van der Waals surface area contributed by atoms with Crippen LogP contribution in [0.15, 0.2) is 49.1 Å². The average molecular weight is 608 g/mol. The van der Waals surface area contributed by atoms with E-state index in [2.05, 4.69) is 55.1 Å². The van der Waals surface area contributed by atoms with E-state index in [9.17, 15) is 26.3 Å². The fraction of sp³-hybridized carbons (Fsp3) is 0.480. The van der Waals surface area contributed by atoms with Gasteiger partial charge in [-0.05, 0) is 32.3 Å². The molecule has 4 rings (SSSR count). The largest absolute Gasteiger partial charge is 0.490 e. The van der Waals surface area contributed by atoms with Crippen molar-refractivity contribution >= 4 is 11.9 Å². The van der Waals surface area contributed by atoms with Crippen LogP contribution < -0.4 is 5.73 Å². The minimum atomic E-state index is -5.08. The molecule has 0 amide bonds. The number of imidazole rings is 1. The number of carbonyl (C=O) groups is 2. The van der Waals surface area contributed by atoms with E-state index >= 15 is 0 Å². The second-order valence-electron chi connectivity index (χ2n) is 9.92. The van der Waals surface area contributed by atoms with E-state index in [-0.39, 0.29) is 0 Å². The summed E-state index contributed by atoms with van der Waals surface area (Å²) in [7, 11) is 0. The fourth-order valence-electron chi connectivity index (χ4n) is 3.72. The maximum atomic E-state index is 10.6. The van der Waals surface area contributed by atoms with Crippen LogP contribution in [0.25, 0.3) is 0 Å². The maximum absolute atomic E-state index is 10.6. The first-order chi connectivity index (χ1) is 19.4. The summed E-state index contributed by atoms with van der Waals surface area (Å²) in [6.45, 7) is 7.80. The molecule has 42 heavy (non-hydrogen) atoms. The lowest BCUT2D eigenvalue weighted by Gasteiger charge is -2.31. The van der Waals surface area contributed by atoms with Gasteiger partial charge >= 0.3 is 24.3 Å². The zero-order chi connectivity index (χ0) is 31.7. The van der Waals surface area contributed by atoms with Gasteiger partial charge in [0.05, 0.1) is 29.8 Å². The van der Waals surface area contributed by atoms with Crippen LogP contribution in [0.2, 0.25) is 0 Å². The predicted octanol–water partition coefficient (Wildman–Crippen LogP) is 3.82. The van der Waals surface area contributed by atoms with Crippen LogP contribution in [0.1, 0.15) is 49.7 Å². The monoisotopic (exact) mass is 607 g/mol. The molecule has 0 bridgehead atoms. The predicted molar refractivity (Wildman–Crippen MR) is 136 cm³/mol. The van der Waals surface area contributed by atoms with Crippen molar-refractivity contribution in [1.29, 1.82) is 0 Å². The highest BCUT2D eigenvalue weighted by Gasteiger charge is 2.38. The van der Waals surface area contributed by atoms with Crippen LogP contribution in [0, 0.1) is 0 Å². The van der Waals surface area contributed by atoms with Crippen molar-refractivity contribution in [2.75, 3.05) is 13.1 Å². The van der Waals surface area contributed by atoms with Gasteiger partial charge in [-0.1, -0.05) is 35.5 Å². The van der Waals surface area contributed by atoms with Crippen LogP contribution in [0.5, 0.6) is 0 Å². The van der Waals surface area contributed by atoms with Crippen LogP contribution in [0.4, 0.5) is 26.3 Å². The lowest BCUT2D eigenvalue weighted by Crippen LogP contribution is -2.35. The quantitative estimate of drug-likeness (QED) is 0.355. The molecular formula is C25H31F6N7O4. The number of nitrogens with two attached hydrogens (primary N) is 1. The number of carboxylic acids is 2. The Hall–Kier alpha value is -3.99. The maximum Gasteiger partial charge on any atom is 0.490 e. The van der Waals surface area contributed by atoms with Gasteiger partial charge in [0, 0.05) is 32.4 Å². The molecule has 17 heteroatoms. The zero-order valence-corrected chi connectivity index (χ0v) is 22.7. The number of hydrogen-bond donors (Lipinski definition) is 3. The molecule has 0 atom stereocenters. The van der Waals surface area contributed by atoms with E-state index in [1.165, 1.54) is 11.3 Å². The third-order valence-corrected chi connectivity index (χ3v) is 5.97. The van der Waals surface area contributed by atoms with Crippen molar-refractivity contribution in [2.45, 2.75) is 63.7 Å². The number of aliphatic carboxylic acids is 2. The lowest BCUT2D eigenvalue weighted by atomic mass is 10.0. The first-order valence-electron chi connectivity index (χ1n) is 12.4. The summed E-state index contributed by atoms with van der Waals surface area (Å²) in [6.07, 6.45) is -2.10. The minimum Gasteiger partial charge on any atom is -0.475 e. The summed E-state index contributed by atoms with van der Waals surface area (Å²) in [6, 6.07) is 10.9. The average Bonchev–Trinajstić information content (AvgIpc) is 3.55. The number of piperidine rings is 1. The zero-order valence-electron chi connectivity index (χ0n) is 22.7. The van der Waals surface area contributed by atoms with Gasteiger partial charge in [-0.2, -0.15) is 26.3 Å². The van der Waals surface area contributed by atoms with Gasteiger partial charge < -0.3 is 20.5 Å². The van der Waals surface area contributed by atoms with Gasteiger partial charge in [0.2, 0.25) is 0 Å². The molecule has 3 heterocycles. The smallest absolute Gasteiger partial charge is 0.475 e. The summed E-state index contributed by atoms with van der Waals surface area (Å²) in [4.78, 5) is 24.7. The number of likely N-dealkylation sites (tertiary alicyclic amines) is 1. The Kier molecular flexibility index (Phi) is 11.6. The van der Waals surface area contributed by atoms with Crippen molar-refractivity contribution in [3.63, 3.8) is 0 Å². The molecule has 232 valence electrons. The van der Waals surface area contributed by atoms with Crippen molar-refractivity contribution in [2.24, 2.45) is 5.73 Å². The Bertz CT molecular complexity index is 1250. The third kappa shape index (κ3) is 11.1. The van der Waals surface area contributed by atoms with Crippen LogP contribution in [-0.2, 0) is 28.2 Å². The molecule has 1 aliphatic rings. The standard InChI is InChI=1S/C21H29N7.2C2HF3O2/c1-21(2,22)20-15-28(25-24-20)18-8-10-26(11-9-18)14-19-12-23-16-27(19)13-17-6-4-3-5-7-17;2*3-2(4,5)1(6)7/h3-7,12,15-16,18H,8-11,13-14,22H2,1-2H3;2*(H,6,7). The van der Waals surface area contributed by atoms with Gasteiger partial charge in [-0.3, -0.25) is 4.90 Å². The molecule has 0 saturated carbocycles. The summed E-state index contributed by atoms with van der Waals surface area (Å²) >= 11 is 0. The summed E-state index contributed by atoms with van der Waals surface area (Å²) < 4.78 is 67.7. The second kappa shape index (κ2) is 14.3. The summed E-state index contributed by atoms with van der Waals surface area (Å²) in [5.41, 5.74) is 9.09. The Balaban J connectivity index is 0.000000367. The minimum absolute atomic E-state index is 0.397.